The Morgan fingerprint density at radius 2 is 1.93 bits per heavy atom. The van der Waals surface area contributed by atoms with Gasteiger partial charge in [0.05, 0.1) is 25.1 Å². The number of nitrogens with zero attached hydrogens (tertiary/aromatic N) is 4. The second kappa shape index (κ2) is 14.2. The third-order valence-corrected chi connectivity index (χ3v) is 6.64. The molecular formula is C31H34FN5O4. The van der Waals surface area contributed by atoms with Gasteiger partial charge in [0.15, 0.2) is 11.6 Å². The normalized spacial score (nSPS) is 11.5. The fraction of sp³-hybridized carbons (Fsp3) is 0.323. The first-order chi connectivity index (χ1) is 20.0. The zero-order valence-corrected chi connectivity index (χ0v) is 23.5. The molecule has 2 aromatic heterocycles. The molecule has 0 aliphatic carbocycles. The van der Waals surface area contributed by atoms with E-state index in [1.54, 1.807) is 32.4 Å². The number of rotatable bonds is 14. The number of aldehydes is 1. The molecule has 41 heavy (non-hydrogen) atoms. The van der Waals surface area contributed by atoms with E-state index in [4.69, 9.17) is 14.5 Å². The van der Waals surface area contributed by atoms with Crippen molar-refractivity contribution in [2.75, 3.05) is 20.8 Å². The number of carbonyl (C=O) groups excluding carboxylic acids is 1. The number of aryl methyl sites for hydroxylation is 2. The van der Waals surface area contributed by atoms with Crippen LogP contribution in [0.5, 0.6) is 11.5 Å². The van der Waals surface area contributed by atoms with Crippen molar-refractivity contribution in [3.63, 3.8) is 0 Å². The van der Waals surface area contributed by atoms with Crippen molar-refractivity contribution in [2.45, 2.75) is 45.6 Å². The fourth-order valence-corrected chi connectivity index (χ4v) is 4.51. The van der Waals surface area contributed by atoms with E-state index >= 15 is 0 Å². The smallest absolute Gasteiger partial charge is 0.266 e. The van der Waals surface area contributed by atoms with Gasteiger partial charge in [-0.05, 0) is 68.1 Å². The summed E-state index contributed by atoms with van der Waals surface area (Å²) in [6.45, 7) is 2.72. The number of carbonyl (C=O) groups is 1. The lowest BCUT2D eigenvalue weighted by atomic mass is 10.0. The van der Waals surface area contributed by atoms with Crippen molar-refractivity contribution in [1.29, 1.82) is 0 Å². The molecule has 4 aromatic rings. The minimum Gasteiger partial charge on any atom is -0.494 e. The van der Waals surface area contributed by atoms with E-state index in [1.807, 2.05) is 24.3 Å². The Hall–Kier alpha value is -4.60. The molecular weight excluding hydrogens is 525 g/mol. The van der Waals surface area contributed by atoms with Crippen molar-refractivity contribution in [1.82, 2.24) is 20.2 Å². The van der Waals surface area contributed by atoms with Gasteiger partial charge in [-0.2, -0.15) is 10.2 Å². The molecule has 2 heterocycles. The van der Waals surface area contributed by atoms with Crippen molar-refractivity contribution in [3.8, 4) is 22.8 Å². The SMILES string of the molecule is CCc1ccc2c(-c3ccc(=O)n(CCCCOc4ccc(/C(CCC=O)=N/NC)cc4F)n3)ccc(OC)c2n1. The molecule has 2 aromatic carbocycles. The number of hydrogen-bond acceptors (Lipinski definition) is 8. The van der Waals surface area contributed by atoms with Gasteiger partial charge >= 0.3 is 0 Å². The number of fused-ring (bicyclic) bond motifs is 1. The molecule has 0 saturated heterocycles. The molecule has 0 atom stereocenters. The lowest BCUT2D eigenvalue weighted by Gasteiger charge is -2.12. The van der Waals surface area contributed by atoms with Gasteiger partial charge in [0, 0.05) is 48.3 Å². The maximum Gasteiger partial charge on any atom is 0.266 e. The van der Waals surface area contributed by atoms with Crippen LogP contribution in [0.1, 0.15) is 43.9 Å². The molecule has 0 aliphatic rings. The standard InChI is InChI=1S/C31H34FN5O4/c1-4-22-10-11-24-23(12-15-29(40-3)31(24)34-22)27-13-16-30(39)37(36-27)17-5-6-19-41-28-14-9-21(20-25(28)32)26(35-33-2)8-7-18-38/h9-16,18,20,33H,4-8,17,19H2,1-3H3/b35-26+. The van der Waals surface area contributed by atoms with E-state index in [0.29, 0.717) is 54.9 Å². The first kappa shape index (κ1) is 29.4. The van der Waals surface area contributed by atoms with Gasteiger partial charge in [0.1, 0.15) is 17.6 Å². The predicted molar refractivity (Wildman–Crippen MR) is 157 cm³/mol. The van der Waals surface area contributed by atoms with Gasteiger partial charge in [-0.1, -0.05) is 13.0 Å². The molecule has 0 fully saturated rings. The van der Waals surface area contributed by atoms with Gasteiger partial charge in [-0.3, -0.25) is 4.79 Å². The second-order valence-corrected chi connectivity index (χ2v) is 9.34. The highest BCUT2D eigenvalue weighted by Gasteiger charge is 2.13. The number of pyridine rings is 1. The zero-order valence-electron chi connectivity index (χ0n) is 23.5. The summed E-state index contributed by atoms with van der Waals surface area (Å²) in [5.74, 6) is 0.314. The maximum absolute atomic E-state index is 14.7. The number of hydrazone groups is 1. The lowest BCUT2D eigenvalue weighted by Crippen LogP contribution is -2.22. The molecule has 1 N–H and O–H groups in total. The number of unbranched alkanes of at least 4 members (excludes halogenated alkanes) is 1. The molecule has 0 unspecified atom stereocenters. The van der Waals surface area contributed by atoms with Crippen molar-refractivity contribution >= 4 is 22.9 Å². The quantitative estimate of drug-likeness (QED) is 0.101. The summed E-state index contributed by atoms with van der Waals surface area (Å²) in [6, 6.07) is 15.7. The van der Waals surface area contributed by atoms with E-state index in [-0.39, 0.29) is 17.9 Å². The van der Waals surface area contributed by atoms with E-state index in [1.165, 1.54) is 16.8 Å². The van der Waals surface area contributed by atoms with Crippen molar-refractivity contribution in [3.05, 3.63) is 82.0 Å². The van der Waals surface area contributed by atoms with Gasteiger partial charge in [-0.25, -0.2) is 14.1 Å². The molecule has 0 bridgehead atoms. The number of benzene rings is 2. The van der Waals surface area contributed by atoms with Crippen LogP contribution in [0.3, 0.4) is 0 Å². The average molecular weight is 560 g/mol. The fourth-order valence-electron chi connectivity index (χ4n) is 4.51. The summed E-state index contributed by atoms with van der Waals surface area (Å²) in [7, 11) is 3.27. The van der Waals surface area contributed by atoms with Crippen molar-refractivity contribution < 1.29 is 18.7 Å². The third-order valence-electron chi connectivity index (χ3n) is 6.64. The van der Waals surface area contributed by atoms with E-state index in [9.17, 15) is 14.0 Å². The summed E-state index contributed by atoms with van der Waals surface area (Å²) in [4.78, 5) is 28.0. The Balaban J connectivity index is 1.40. The zero-order chi connectivity index (χ0) is 29.2. The van der Waals surface area contributed by atoms with Crippen LogP contribution in [-0.4, -0.2) is 47.5 Å². The lowest BCUT2D eigenvalue weighted by molar-refractivity contribution is -0.107. The number of methoxy groups -OCH3 is 1. The highest BCUT2D eigenvalue weighted by Crippen LogP contribution is 2.32. The summed E-state index contributed by atoms with van der Waals surface area (Å²) in [5, 5.41) is 9.65. The number of ether oxygens (including phenoxy) is 2. The highest BCUT2D eigenvalue weighted by atomic mass is 19.1. The maximum atomic E-state index is 14.7. The Kier molecular flexibility index (Phi) is 10.1. The van der Waals surface area contributed by atoms with Crippen LogP contribution in [-0.2, 0) is 17.8 Å². The van der Waals surface area contributed by atoms with Crippen LogP contribution in [0.25, 0.3) is 22.2 Å². The highest BCUT2D eigenvalue weighted by molar-refractivity contribution is 6.01. The van der Waals surface area contributed by atoms with Crippen LogP contribution in [0, 0.1) is 5.82 Å². The molecule has 0 spiro atoms. The first-order valence-corrected chi connectivity index (χ1v) is 13.6. The number of aromatic nitrogens is 3. The largest absolute Gasteiger partial charge is 0.494 e. The van der Waals surface area contributed by atoms with Crippen LogP contribution >= 0.6 is 0 Å². The van der Waals surface area contributed by atoms with Crippen LogP contribution in [0.2, 0.25) is 0 Å². The Labute approximate surface area is 238 Å². The van der Waals surface area contributed by atoms with Crippen LogP contribution in [0.4, 0.5) is 4.39 Å². The number of hydrogen-bond donors (Lipinski definition) is 1. The Morgan fingerprint density at radius 1 is 1.10 bits per heavy atom. The first-order valence-electron chi connectivity index (χ1n) is 13.6. The Bertz CT molecular complexity index is 1600. The predicted octanol–water partition coefficient (Wildman–Crippen LogP) is 4.93. The molecule has 10 heteroatoms. The molecule has 4 rings (SSSR count). The average Bonchev–Trinajstić information content (AvgIpc) is 2.99. The molecule has 9 nitrogen and oxygen atoms in total. The molecule has 0 saturated carbocycles. The molecule has 0 radical (unpaired) electrons. The summed E-state index contributed by atoms with van der Waals surface area (Å²) in [6.07, 6.45) is 3.53. The second-order valence-electron chi connectivity index (χ2n) is 9.34. The van der Waals surface area contributed by atoms with Gasteiger partial charge in [0.2, 0.25) is 0 Å². The van der Waals surface area contributed by atoms with E-state index in [0.717, 1.165) is 34.9 Å². The summed E-state index contributed by atoms with van der Waals surface area (Å²) >= 11 is 0. The van der Waals surface area contributed by atoms with Crippen LogP contribution in [0.15, 0.2) is 64.5 Å². The minimum absolute atomic E-state index is 0.136. The number of halogens is 1. The van der Waals surface area contributed by atoms with Gasteiger partial charge < -0.3 is 19.7 Å². The van der Waals surface area contributed by atoms with Gasteiger partial charge in [-0.15, -0.1) is 0 Å². The number of nitrogens with one attached hydrogen (secondary N) is 1. The monoisotopic (exact) mass is 559 g/mol. The molecule has 0 aliphatic heterocycles. The minimum atomic E-state index is -0.504. The third kappa shape index (κ3) is 7.13. The van der Waals surface area contributed by atoms with Gasteiger partial charge in [0.25, 0.3) is 5.56 Å². The summed E-state index contributed by atoms with van der Waals surface area (Å²) < 4.78 is 27.3. The molecule has 0 amide bonds. The Morgan fingerprint density at radius 3 is 2.66 bits per heavy atom. The topological polar surface area (TPSA) is 108 Å². The van der Waals surface area contributed by atoms with E-state index in [2.05, 4.69) is 22.5 Å². The summed E-state index contributed by atoms with van der Waals surface area (Å²) in [5.41, 5.74) is 6.91. The van der Waals surface area contributed by atoms with E-state index < -0.39 is 5.82 Å². The van der Waals surface area contributed by atoms with Crippen molar-refractivity contribution in [2.24, 2.45) is 5.10 Å². The van der Waals surface area contributed by atoms with Crippen LogP contribution < -0.4 is 20.5 Å². The molecule has 214 valence electrons.